The molecule has 35 nitrogen and oxygen atoms in total. The molecule has 3 saturated heterocycles. The Bertz CT molecular complexity index is 2750. The summed E-state index contributed by atoms with van der Waals surface area (Å²) < 4.78 is 160. The van der Waals surface area contributed by atoms with Crippen molar-refractivity contribution < 1.29 is 162 Å². The highest BCUT2D eigenvalue weighted by Gasteiger charge is 2.47. The average molecular weight is 1750 g/mol. The van der Waals surface area contributed by atoms with Crippen LogP contribution in [-0.2, 0) is 118 Å². The van der Waals surface area contributed by atoms with Crippen LogP contribution in [0.2, 0.25) is 0 Å². The Balaban J connectivity index is 1.29. The Hall–Kier alpha value is -0.760. The van der Waals surface area contributed by atoms with Gasteiger partial charge in [-0.1, -0.05) is 132 Å². The van der Waals surface area contributed by atoms with Gasteiger partial charge in [-0.25, -0.2) is 23.1 Å². The van der Waals surface area contributed by atoms with Gasteiger partial charge in [0.05, 0.1) is 110 Å². The van der Waals surface area contributed by atoms with E-state index in [4.69, 9.17) is 88.3 Å². The van der Waals surface area contributed by atoms with E-state index in [0.29, 0.717) is 109 Å². The zero-order valence-corrected chi connectivity index (χ0v) is 71.0. The normalized spacial score (nSPS) is 27.1. The molecule has 1 aromatic carbocycles. The summed E-state index contributed by atoms with van der Waals surface area (Å²) in [6, 6.07) is 7.80. The number of hydrogen-bond acceptors (Lipinski definition) is 34. The van der Waals surface area contributed by atoms with Crippen LogP contribution < -0.4 is 5.32 Å². The number of aliphatic hydroxyl groups is 9. The lowest BCUT2D eigenvalue weighted by Gasteiger charge is -2.42. The summed E-state index contributed by atoms with van der Waals surface area (Å²) in [6.45, 7) is -10.7. The number of hydrogen-bond donors (Lipinski definition) is 14. The summed E-state index contributed by atoms with van der Waals surface area (Å²) in [5, 5.41) is 92.8. The Morgan fingerprint density at radius 1 is 0.405 bits per heavy atom. The van der Waals surface area contributed by atoms with E-state index in [1.54, 1.807) is 38.1 Å². The van der Waals surface area contributed by atoms with Crippen molar-refractivity contribution in [1.29, 1.82) is 0 Å². The fourth-order valence-corrected chi connectivity index (χ4v) is 16.4. The number of carbonyl (C=O) groups is 2. The second-order valence-corrected chi connectivity index (χ2v) is 39.0. The van der Waals surface area contributed by atoms with Gasteiger partial charge in [-0.2, -0.15) is 0 Å². The van der Waals surface area contributed by atoms with Crippen molar-refractivity contribution in [3.63, 3.8) is 0 Å². The van der Waals surface area contributed by atoms with Gasteiger partial charge in [0.2, 0.25) is 5.91 Å². The van der Waals surface area contributed by atoms with Crippen LogP contribution in [0.15, 0.2) is 30.3 Å². The second-order valence-electron chi connectivity index (χ2n) is 27.4. The zero-order valence-electron chi connectivity index (χ0n) is 63.8. The molecule has 0 spiro atoms. The number of unbranched alkanes of at least 4 members (excludes halogenated alkanes) is 12. The molecule has 10 unspecified atom stereocenters. The smallest absolute Gasteiger partial charge is 0.429 e. The maximum absolute atomic E-state index is 13.2. The molecule has 4 rings (SSSR count). The third-order valence-corrected chi connectivity index (χ3v) is 24.5. The molecule has 0 saturated carbocycles. The lowest BCUT2D eigenvalue weighted by atomic mass is 9.92. The van der Waals surface area contributed by atoms with E-state index in [1.165, 1.54) is 6.92 Å². The van der Waals surface area contributed by atoms with E-state index in [2.05, 4.69) is 54.3 Å². The maximum atomic E-state index is 13.2. The molecule has 3 aliphatic rings. The maximum Gasteiger partial charge on any atom is 0.515 e. The molecule has 3 heterocycles. The van der Waals surface area contributed by atoms with Gasteiger partial charge in [0.1, 0.15) is 55.4 Å². The van der Waals surface area contributed by atoms with Crippen molar-refractivity contribution in [2.45, 2.75) is 229 Å². The largest absolute Gasteiger partial charge is 0.515 e. The van der Waals surface area contributed by atoms with Gasteiger partial charge >= 0.3 is 33.3 Å². The van der Waals surface area contributed by atoms with E-state index >= 15 is 0 Å². The first-order valence-electron chi connectivity index (χ1n) is 38.0. The molecule has 0 radical (unpaired) electrons. The number of ether oxygens (including phenoxy) is 11. The highest BCUT2D eigenvalue weighted by Crippen LogP contribution is 2.55. The van der Waals surface area contributed by atoms with Gasteiger partial charge in [0.15, 0.2) is 18.9 Å². The molecule has 10 N–H and O–H groups in total. The molecule has 19 atom stereocenters. The van der Waals surface area contributed by atoms with Crippen LogP contribution in [0, 0.1) is 17.3 Å². The van der Waals surface area contributed by atoms with Gasteiger partial charge in [0.25, 0.3) is 0 Å². The molecular weight excluding hydrogens is 1630 g/mol. The molecule has 1 amide bonds. The predicted molar refractivity (Wildman–Crippen MR) is 416 cm³/mol. The second kappa shape index (κ2) is 57.5. The fourth-order valence-electron chi connectivity index (χ4n) is 11.5. The fraction of sp³-hybridized carbons (Fsp3) is 0.882. The first-order valence-corrected chi connectivity index (χ1v) is 48.8. The quantitative estimate of drug-likeness (QED) is 0.0126. The number of aliphatic hydroxyl groups excluding tert-OH is 9. The standard InChI is InChI=1S/C68H125NO34P4S4/c1-50-58(74)60(76)54(42-70)100-64(50)89-32-16-5-9-19-35-93-104(81,108)96-39-23-29-86-47-68(46-85-28-15-4-8-22-38-99-107(84,111)103-67(80)92-45-53-26-13-12-14-27-53,48-87-30-24-40-97-105(82,109)94-36-20-10-6-17-33-90-65-51(2)59(75)61(77)55(43-71)101-65)49-88-31-25-41-98-106(83,110)95-37-21-11-7-18-34-91-66-57(69-52(3)73)63(79)62(78)56(44-72)102-66/h12-14,26-27,50-51,54-66,70-72,74-79H,4-11,15-25,28-49H2,1-3H3,(H,69,73)(H,81,108)(H,82,109)(H,83,110)(H,84,111)/t50?,51?,54?,55?,56?,57?,58-,59-,60-,61-,62-,63-,64-,65-,66-,68?,104?,105?,106?,107?/m1/s1. The third kappa shape index (κ3) is 43.3. The van der Waals surface area contributed by atoms with Crippen molar-refractivity contribution in [2.24, 2.45) is 17.3 Å². The molecule has 3 fully saturated rings. The van der Waals surface area contributed by atoms with Crippen LogP contribution >= 0.6 is 76.2 Å². The molecule has 650 valence electrons. The van der Waals surface area contributed by atoms with Crippen LogP contribution in [0.1, 0.15) is 148 Å². The molecule has 0 bridgehead atoms. The molecule has 43 heteroatoms. The number of thiol groups is 4. The van der Waals surface area contributed by atoms with Crippen molar-refractivity contribution in [1.82, 2.24) is 5.32 Å². The van der Waals surface area contributed by atoms with Crippen LogP contribution in [0.3, 0.4) is 0 Å². The Kier molecular flexibility index (Phi) is 53.1. The Morgan fingerprint density at radius 2 is 0.703 bits per heavy atom. The van der Waals surface area contributed by atoms with Crippen LogP contribution in [0.25, 0.3) is 0 Å². The third-order valence-electron chi connectivity index (χ3n) is 17.9. The van der Waals surface area contributed by atoms with E-state index in [9.17, 15) is 73.8 Å². The summed E-state index contributed by atoms with van der Waals surface area (Å²) in [6.07, 6.45) is -3.69. The van der Waals surface area contributed by atoms with E-state index < -0.39 is 156 Å². The molecular formula is C68H125NO34P4S4. The number of rotatable bonds is 65. The van der Waals surface area contributed by atoms with Crippen LogP contribution in [0.4, 0.5) is 4.79 Å². The average Bonchev–Trinajstić information content (AvgIpc) is 0.826. The number of amides is 1. The zero-order chi connectivity index (χ0) is 81.6. The molecule has 0 aliphatic carbocycles. The van der Waals surface area contributed by atoms with Gasteiger partial charge in [-0.3, -0.25) is 9.32 Å². The Morgan fingerprint density at radius 3 is 1.05 bits per heavy atom. The van der Waals surface area contributed by atoms with Gasteiger partial charge in [0, 0.05) is 65.0 Å². The van der Waals surface area contributed by atoms with Crippen LogP contribution in [0.5, 0.6) is 0 Å². The molecule has 3 aliphatic heterocycles. The van der Waals surface area contributed by atoms with Crippen molar-refractivity contribution in [2.75, 3.05) is 139 Å². The van der Waals surface area contributed by atoms with Gasteiger partial charge in [-0.15, -0.1) is 0 Å². The Labute approximate surface area is 673 Å². The summed E-state index contributed by atoms with van der Waals surface area (Å²) >= 11 is 16.4. The summed E-state index contributed by atoms with van der Waals surface area (Å²) in [5.74, 6) is -1.48. The highest BCUT2D eigenvalue weighted by atomic mass is 32.7. The van der Waals surface area contributed by atoms with Gasteiger partial charge in [-0.05, 0) is 88.4 Å². The van der Waals surface area contributed by atoms with E-state index in [1.807, 2.05) is 6.07 Å². The molecule has 111 heavy (non-hydrogen) atoms. The minimum absolute atomic E-state index is 0.0168. The molecule has 0 aromatic heterocycles. The first-order chi connectivity index (χ1) is 53.0. The van der Waals surface area contributed by atoms with Crippen LogP contribution in [-0.4, -0.2) is 277 Å². The monoisotopic (exact) mass is 1750 g/mol. The lowest BCUT2D eigenvalue weighted by Crippen LogP contribution is -2.64. The SMILES string of the molecule is CC(=O)NC1[C@H](OCCCCCCOP(=O)(S)OCCCOCC(COCCCCCCOP(=O)(S)OC(=O)OCc2ccccc2)(COCCCOP(=O)(S)OCCCCCCO[C@@H]2OC(CO)[C@@H](O)[C@H](O)C2C)COCCCOP(=O)(S)OCCCCCCO[C@@H]2OC(CO)[C@@H](O)[C@H](O)C2C)OC(CO)[C@@H](O)[C@@H]1O. The predicted octanol–water partition coefficient (Wildman–Crippen LogP) is 8.22. The molecule has 1 aromatic rings. The van der Waals surface area contributed by atoms with E-state index in [-0.39, 0.29) is 132 Å². The van der Waals surface area contributed by atoms with Crippen molar-refractivity contribution >= 4 is 88.2 Å². The van der Waals surface area contributed by atoms with E-state index in [0.717, 1.165) is 12.8 Å². The minimum atomic E-state index is -4.07. The topological polar surface area (TPSA) is 472 Å². The minimum Gasteiger partial charge on any atom is -0.429 e. The van der Waals surface area contributed by atoms with Gasteiger partial charge < -0.3 is 135 Å². The number of benzene rings is 1. The highest BCUT2D eigenvalue weighted by molar-refractivity contribution is 8.45. The first kappa shape index (κ1) is 103. The number of nitrogens with one attached hydrogen (secondary N) is 1. The van der Waals surface area contributed by atoms with Crippen molar-refractivity contribution in [3.05, 3.63) is 35.9 Å². The lowest BCUT2D eigenvalue weighted by molar-refractivity contribution is -0.282. The van der Waals surface area contributed by atoms with Crippen molar-refractivity contribution in [3.8, 4) is 0 Å². The summed E-state index contributed by atoms with van der Waals surface area (Å²) in [7, 11) is 0. The number of carbonyl (C=O) groups excluding carboxylic acids is 2. The summed E-state index contributed by atoms with van der Waals surface area (Å²) in [5.41, 5.74) is -0.278. The summed E-state index contributed by atoms with van der Waals surface area (Å²) in [4.78, 5) is 24.0.